The van der Waals surface area contributed by atoms with Crippen molar-refractivity contribution in [2.45, 2.75) is 18.8 Å². The third kappa shape index (κ3) is 1.94. The van der Waals surface area contributed by atoms with E-state index in [0.717, 1.165) is 17.6 Å². The maximum absolute atomic E-state index is 6.59. The van der Waals surface area contributed by atoms with E-state index in [1.807, 2.05) is 0 Å². The molecule has 1 heteroatoms. The Morgan fingerprint density at radius 3 is 2.15 bits per heavy atom. The molecule has 160 valence electrons. The SMILES string of the molecule is CCc1cccc2c1C1(c3ccccc3-2)c2ccccc2-c2c1ccc1c2oc2ccccc21. The predicted octanol–water partition coefficient (Wildman–Crippen LogP) is 8.49. The minimum absolute atomic E-state index is 0.322. The van der Waals surface area contributed by atoms with Crippen LogP contribution in [-0.4, -0.2) is 0 Å². The van der Waals surface area contributed by atoms with Crippen LogP contribution in [0.15, 0.2) is 108 Å². The summed E-state index contributed by atoms with van der Waals surface area (Å²) in [6.45, 7) is 2.27. The molecule has 0 aliphatic heterocycles. The van der Waals surface area contributed by atoms with Crippen molar-refractivity contribution in [1.29, 1.82) is 0 Å². The average molecular weight is 435 g/mol. The second-order valence-corrected chi connectivity index (χ2v) is 9.50. The Morgan fingerprint density at radius 1 is 0.588 bits per heavy atom. The molecule has 0 saturated heterocycles. The quantitative estimate of drug-likeness (QED) is 0.252. The number of hydrogen-bond acceptors (Lipinski definition) is 1. The van der Waals surface area contributed by atoms with Crippen LogP contribution in [0, 0.1) is 0 Å². The first-order chi connectivity index (χ1) is 16.8. The highest BCUT2D eigenvalue weighted by Crippen LogP contribution is 2.64. The average Bonchev–Trinajstić information content (AvgIpc) is 3.52. The molecule has 6 aromatic rings. The number of fused-ring (bicyclic) bond motifs is 14. The molecule has 1 aromatic heterocycles. The van der Waals surface area contributed by atoms with Gasteiger partial charge in [-0.05, 0) is 57.0 Å². The Labute approximate surface area is 198 Å². The predicted molar refractivity (Wildman–Crippen MR) is 139 cm³/mol. The van der Waals surface area contributed by atoms with Crippen molar-refractivity contribution in [1.82, 2.24) is 0 Å². The van der Waals surface area contributed by atoms with E-state index < -0.39 is 0 Å². The fraction of sp³-hybridized carbons (Fsp3) is 0.0909. The van der Waals surface area contributed by atoms with Crippen molar-refractivity contribution in [2.24, 2.45) is 0 Å². The van der Waals surface area contributed by atoms with Gasteiger partial charge in [-0.25, -0.2) is 0 Å². The van der Waals surface area contributed by atoms with Crippen LogP contribution in [0.4, 0.5) is 0 Å². The molecule has 2 aliphatic rings. The first-order valence-electron chi connectivity index (χ1n) is 12.1. The van der Waals surface area contributed by atoms with Gasteiger partial charge in [-0.1, -0.05) is 104 Å². The first-order valence-corrected chi connectivity index (χ1v) is 12.1. The molecule has 1 unspecified atom stereocenters. The molecule has 0 radical (unpaired) electrons. The second-order valence-electron chi connectivity index (χ2n) is 9.50. The normalized spacial score (nSPS) is 17.2. The lowest BCUT2D eigenvalue weighted by Crippen LogP contribution is -2.27. The molecule has 0 N–H and O–H groups in total. The third-order valence-electron chi connectivity index (χ3n) is 8.08. The Kier molecular flexibility index (Phi) is 3.38. The molecule has 5 aromatic carbocycles. The lowest BCUT2D eigenvalue weighted by molar-refractivity contribution is 0.669. The molecular weight excluding hydrogens is 412 g/mol. The third-order valence-corrected chi connectivity index (χ3v) is 8.08. The van der Waals surface area contributed by atoms with Crippen LogP contribution in [-0.2, 0) is 11.8 Å². The topological polar surface area (TPSA) is 13.1 Å². The van der Waals surface area contributed by atoms with Gasteiger partial charge in [0, 0.05) is 16.3 Å². The fourth-order valence-corrected chi connectivity index (χ4v) is 6.84. The van der Waals surface area contributed by atoms with E-state index in [-0.39, 0.29) is 5.41 Å². The highest BCUT2D eigenvalue weighted by atomic mass is 16.3. The summed E-state index contributed by atoms with van der Waals surface area (Å²) in [6, 6.07) is 37.9. The van der Waals surface area contributed by atoms with Gasteiger partial charge in [0.05, 0.1) is 5.41 Å². The van der Waals surface area contributed by atoms with Crippen molar-refractivity contribution in [3.8, 4) is 22.3 Å². The van der Waals surface area contributed by atoms with Crippen LogP contribution in [0.2, 0.25) is 0 Å². The highest BCUT2D eigenvalue weighted by Gasteiger charge is 2.53. The lowest BCUT2D eigenvalue weighted by Gasteiger charge is -2.32. The zero-order valence-corrected chi connectivity index (χ0v) is 18.9. The van der Waals surface area contributed by atoms with E-state index in [1.165, 1.54) is 60.8 Å². The summed E-state index contributed by atoms with van der Waals surface area (Å²) in [5.41, 5.74) is 13.8. The summed E-state index contributed by atoms with van der Waals surface area (Å²) in [7, 11) is 0. The number of benzene rings is 5. The number of hydrogen-bond donors (Lipinski definition) is 0. The maximum atomic E-state index is 6.59. The van der Waals surface area contributed by atoms with Gasteiger partial charge in [-0.2, -0.15) is 0 Å². The van der Waals surface area contributed by atoms with Crippen LogP contribution < -0.4 is 0 Å². The van der Waals surface area contributed by atoms with Gasteiger partial charge in [-0.3, -0.25) is 0 Å². The van der Waals surface area contributed by atoms with E-state index in [4.69, 9.17) is 4.42 Å². The number of para-hydroxylation sites is 1. The van der Waals surface area contributed by atoms with E-state index in [2.05, 4.69) is 110 Å². The summed E-state index contributed by atoms with van der Waals surface area (Å²) in [5.74, 6) is 0. The van der Waals surface area contributed by atoms with Crippen molar-refractivity contribution in [2.75, 3.05) is 0 Å². The van der Waals surface area contributed by atoms with Gasteiger partial charge >= 0.3 is 0 Å². The van der Waals surface area contributed by atoms with Crippen molar-refractivity contribution in [3.05, 3.63) is 131 Å². The van der Waals surface area contributed by atoms with Crippen molar-refractivity contribution < 1.29 is 4.42 Å². The second kappa shape index (κ2) is 6.27. The lowest BCUT2D eigenvalue weighted by atomic mass is 9.69. The molecule has 2 aliphatic carbocycles. The largest absolute Gasteiger partial charge is 0.455 e. The van der Waals surface area contributed by atoms with E-state index in [0.29, 0.717) is 0 Å². The van der Waals surface area contributed by atoms with Crippen molar-refractivity contribution >= 4 is 21.9 Å². The molecule has 0 saturated carbocycles. The molecule has 1 nitrogen and oxygen atoms in total. The minimum atomic E-state index is -0.322. The Bertz CT molecular complexity index is 1800. The summed E-state index contributed by atoms with van der Waals surface area (Å²) in [5, 5.41) is 2.37. The van der Waals surface area contributed by atoms with Crippen molar-refractivity contribution in [3.63, 3.8) is 0 Å². The van der Waals surface area contributed by atoms with Gasteiger partial charge in [0.2, 0.25) is 0 Å². The van der Waals surface area contributed by atoms with Gasteiger partial charge in [0.15, 0.2) is 0 Å². The highest BCUT2D eigenvalue weighted by molar-refractivity contribution is 6.13. The number of aryl methyl sites for hydroxylation is 1. The standard InChI is InChI=1S/C33H22O/c1-2-20-10-9-14-23-21-11-3-6-15-26(21)33(31(20)23)27-16-7-4-13-25(27)30-28(33)19-18-24-22-12-5-8-17-29(22)34-32(24)30/h3-19H,2H2,1H3. The van der Waals surface area contributed by atoms with E-state index in [1.54, 1.807) is 0 Å². The Morgan fingerprint density at radius 2 is 1.29 bits per heavy atom. The zero-order chi connectivity index (χ0) is 22.4. The molecular formula is C33H22O. The van der Waals surface area contributed by atoms with Crippen LogP contribution in [0.3, 0.4) is 0 Å². The summed E-state index contributed by atoms with van der Waals surface area (Å²) in [6.07, 6.45) is 1.00. The molecule has 1 atom stereocenters. The van der Waals surface area contributed by atoms with Gasteiger partial charge in [-0.15, -0.1) is 0 Å². The fourth-order valence-electron chi connectivity index (χ4n) is 6.84. The van der Waals surface area contributed by atoms with E-state index in [9.17, 15) is 0 Å². The number of furan rings is 1. The number of rotatable bonds is 1. The maximum Gasteiger partial charge on any atom is 0.143 e. The summed E-state index contributed by atoms with van der Waals surface area (Å²) >= 11 is 0. The molecule has 1 spiro atoms. The zero-order valence-electron chi connectivity index (χ0n) is 18.9. The summed E-state index contributed by atoms with van der Waals surface area (Å²) in [4.78, 5) is 0. The van der Waals surface area contributed by atoms with Gasteiger partial charge < -0.3 is 4.42 Å². The van der Waals surface area contributed by atoms with E-state index >= 15 is 0 Å². The Hall–Kier alpha value is -4.10. The van der Waals surface area contributed by atoms with Gasteiger partial charge in [0.1, 0.15) is 11.2 Å². The van der Waals surface area contributed by atoms with Crippen LogP contribution >= 0.6 is 0 Å². The molecule has 0 fully saturated rings. The molecule has 8 rings (SSSR count). The molecule has 1 heterocycles. The van der Waals surface area contributed by atoms with Crippen LogP contribution in [0.1, 0.15) is 34.7 Å². The Balaban J connectivity index is 1.63. The van der Waals surface area contributed by atoms with Crippen LogP contribution in [0.5, 0.6) is 0 Å². The first kappa shape index (κ1) is 18.3. The van der Waals surface area contributed by atoms with Gasteiger partial charge in [0.25, 0.3) is 0 Å². The molecule has 0 amide bonds. The molecule has 34 heavy (non-hydrogen) atoms. The monoisotopic (exact) mass is 434 g/mol. The minimum Gasteiger partial charge on any atom is -0.455 e. The smallest absolute Gasteiger partial charge is 0.143 e. The molecule has 0 bridgehead atoms. The summed E-state index contributed by atoms with van der Waals surface area (Å²) < 4.78 is 6.59. The van der Waals surface area contributed by atoms with Crippen LogP contribution in [0.25, 0.3) is 44.2 Å².